The maximum Gasteiger partial charge on any atom is 0.336 e. The van der Waals surface area contributed by atoms with E-state index >= 15 is 0 Å². The molecule has 0 saturated carbocycles. The Kier molecular flexibility index (Phi) is 5.85. The molecule has 1 radical (unpaired) electrons. The van der Waals surface area contributed by atoms with Crippen LogP contribution in [0.3, 0.4) is 0 Å². The van der Waals surface area contributed by atoms with Gasteiger partial charge >= 0.3 is 11.9 Å². The molecule has 0 aliphatic rings. The monoisotopic (exact) mass is 395 g/mol. The van der Waals surface area contributed by atoms with Gasteiger partial charge < -0.3 is 10.2 Å². The van der Waals surface area contributed by atoms with Gasteiger partial charge in [0.05, 0.1) is 11.1 Å². The number of benzene rings is 2. The van der Waals surface area contributed by atoms with Crippen molar-refractivity contribution in [1.82, 2.24) is 0 Å². The van der Waals surface area contributed by atoms with E-state index in [4.69, 9.17) is 10.2 Å². The first kappa shape index (κ1) is 16.0. The van der Waals surface area contributed by atoms with Gasteiger partial charge in [0.2, 0.25) is 0 Å². The smallest absolute Gasteiger partial charge is 0.336 e. The van der Waals surface area contributed by atoms with Crippen LogP contribution in [-0.4, -0.2) is 22.2 Å². The Morgan fingerprint density at radius 1 is 0.684 bits per heavy atom. The van der Waals surface area contributed by atoms with E-state index in [2.05, 4.69) is 0 Å². The second-order valence-corrected chi connectivity index (χ2v) is 3.70. The third-order valence-corrected chi connectivity index (χ3v) is 2.61. The van der Waals surface area contributed by atoms with E-state index in [9.17, 15) is 9.59 Å². The molecule has 5 heteroatoms. The minimum absolute atomic E-state index is 0. The summed E-state index contributed by atoms with van der Waals surface area (Å²) in [5.74, 6) is -2.16. The molecule has 97 valence electrons. The standard InChI is InChI=1S/C14H10O4.Eu/c15-13(16)11-7-3-1-5-9(11)10-6-2-4-8-12(10)14(17)18;/h1-8H,(H,15,16)(H,17,18);. The molecule has 0 unspecified atom stereocenters. The average molecular weight is 394 g/mol. The van der Waals surface area contributed by atoms with E-state index < -0.39 is 11.9 Å². The molecular weight excluding hydrogens is 384 g/mol. The van der Waals surface area contributed by atoms with Gasteiger partial charge in [-0.05, 0) is 23.3 Å². The van der Waals surface area contributed by atoms with E-state index in [0.29, 0.717) is 11.1 Å². The summed E-state index contributed by atoms with van der Waals surface area (Å²) < 4.78 is 0. The molecule has 0 bridgehead atoms. The van der Waals surface area contributed by atoms with Gasteiger partial charge in [0, 0.05) is 49.4 Å². The van der Waals surface area contributed by atoms with Crippen LogP contribution in [0.4, 0.5) is 0 Å². The SMILES string of the molecule is O=C(O)c1ccccc1-c1ccccc1C(=O)O.[Eu]. The number of carbonyl (C=O) groups is 2. The van der Waals surface area contributed by atoms with Gasteiger partial charge in [-0.2, -0.15) is 0 Å². The Balaban J connectivity index is 0.00000180. The quantitative estimate of drug-likeness (QED) is 0.840. The summed E-state index contributed by atoms with van der Waals surface area (Å²) >= 11 is 0. The first-order valence-electron chi connectivity index (χ1n) is 5.26. The van der Waals surface area contributed by atoms with Crippen molar-refractivity contribution in [2.75, 3.05) is 0 Å². The van der Waals surface area contributed by atoms with Crippen LogP contribution in [-0.2, 0) is 0 Å². The largest absolute Gasteiger partial charge is 0.478 e. The molecule has 0 amide bonds. The number of hydrogen-bond acceptors (Lipinski definition) is 2. The minimum atomic E-state index is -1.08. The number of aromatic carboxylic acids is 2. The van der Waals surface area contributed by atoms with Crippen LogP contribution in [0.1, 0.15) is 20.7 Å². The molecule has 2 aromatic rings. The third kappa shape index (κ3) is 3.50. The molecule has 0 atom stereocenters. The van der Waals surface area contributed by atoms with Crippen LogP contribution < -0.4 is 0 Å². The van der Waals surface area contributed by atoms with Crippen molar-refractivity contribution in [3.8, 4) is 11.1 Å². The molecule has 2 N–H and O–H groups in total. The zero-order valence-electron chi connectivity index (χ0n) is 9.71. The van der Waals surface area contributed by atoms with Crippen LogP contribution in [0.2, 0.25) is 0 Å². The molecule has 0 saturated heterocycles. The zero-order chi connectivity index (χ0) is 13.1. The van der Waals surface area contributed by atoms with E-state index in [-0.39, 0.29) is 60.5 Å². The number of carboxylic acids is 2. The van der Waals surface area contributed by atoms with Crippen molar-refractivity contribution in [3.05, 3.63) is 59.7 Å². The number of hydrogen-bond donors (Lipinski definition) is 2. The van der Waals surface area contributed by atoms with Gasteiger partial charge in [0.15, 0.2) is 0 Å². The van der Waals surface area contributed by atoms with Crippen molar-refractivity contribution in [3.63, 3.8) is 0 Å². The molecule has 0 heterocycles. The fraction of sp³-hybridized carbons (Fsp3) is 0. The van der Waals surface area contributed by atoms with E-state index in [1.165, 1.54) is 12.1 Å². The first-order chi connectivity index (χ1) is 8.61. The zero-order valence-corrected chi connectivity index (χ0v) is 12.1. The molecule has 2 aromatic carbocycles. The summed E-state index contributed by atoms with van der Waals surface area (Å²) in [7, 11) is 0. The Morgan fingerprint density at radius 3 is 1.32 bits per heavy atom. The van der Waals surface area contributed by atoms with Crippen molar-refractivity contribution >= 4 is 11.9 Å². The first-order valence-corrected chi connectivity index (χ1v) is 5.26. The molecule has 0 fully saturated rings. The van der Waals surface area contributed by atoms with E-state index in [0.717, 1.165) is 0 Å². The van der Waals surface area contributed by atoms with Crippen molar-refractivity contribution in [1.29, 1.82) is 0 Å². The van der Waals surface area contributed by atoms with Gasteiger partial charge in [-0.3, -0.25) is 0 Å². The Labute approximate surface area is 150 Å². The maximum atomic E-state index is 11.1. The Morgan fingerprint density at radius 2 is 1.00 bits per heavy atom. The second kappa shape index (κ2) is 6.94. The third-order valence-electron chi connectivity index (χ3n) is 2.61. The van der Waals surface area contributed by atoms with Gasteiger partial charge in [0.1, 0.15) is 0 Å². The van der Waals surface area contributed by atoms with Gasteiger partial charge in [-0.1, -0.05) is 36.4 Å². The Bertz CT molecular complexity index is 567. The summed E-state index contributed by atoms with van der Waals surface area (Å²) in [6.45, 7) is 0. The van der Waals surface area contributed by atoms with Crippen LogP contribution in [0.15, 0.2) is 48.5 Å². The molecule has 2 rings (SSSR count). The maximum absolute atomic E-state index is 11.1. The molecular formula is C14H10EuO4. The average Bonchev–Trinajstić information content (AvgIpc) is 2.38. The van der Waals surface area contributed by atoms with E-state index in [1.54, 1.807) is 36.4 Å². The molecule has 19 heavy (non-hydrogen) atoms. The topological polar surface area (TPSA) is 74.6 Å². The number of carboxylic acid groups (broad SMARTS) is 2. The van der Waals surface area contributed by atoms with Gasteiger partial charge in [0.25, 0.3) is 0 Å². The summed E-state index contributed by atoms with van der Waals surface area (Å²) in [6, 6.07) is 12.7. The second-order valence-electron chi connectivity index (χ2n) is 3.70. The summed E-state index contributed by atoms with van der Waals surface area (Å²) in [5.41, 5.74) is 0.989. The summed E-state index contributed by atoms with van der Waals surface area (Å²) in [6.07, 6.45) is 0. The van der Waals surface area contributed by atoms with Crippen LogP contribution in [0.25, 0.3) is 11.1 Å². The fourth-order valence-corrected chi connectivity index (χ4v) is 1.81. The summed E-state index contributed by atoms with van der Waals surface area (Å²) in [4.78, 5) is 22.3. The summed E-state index contributed by atoms with van der Waals surface area (Å²) in [5, 5.41) is 18.2. The predicted octanol–water partition coefficient (Wildman–Crippen LogP) is 2.75. The predicted molar refractivity (Wildman–Crippen MR) is 65.8 cm³/mol. The van der Waals surface area contributed by atoms with E-state index in [1.807, 2.05) is 0 Å². The normalized spacial score (nSPS) is 9.47. The van der Waals surface area contributed by atoms with Gasteiger partial charge in [-0.25, -0.2) is 9.59 Å². The van der Waals surface area contributed by atoms with Crippen LogP contribution in [0, 0.1) is 49.4 Å². The van der Waals surface area contributed by atoms with Crippen molar-refractivity contribution < 1.29 is 69.2 Å². The molecule has 0 spiro atoms. The molecule has 4 nitrogen and oxygen atoms in total. The Hall–Kier alpha value is -1.04. The van der Waals surface area contributed by atoms with Crippen molar-refractivity contribution in [2.45, 2.75) is 0 Å². The molecule has 0 aromatic heterocycles. The minimum Gasteiger partial charge on any atom is -0.478 e. The fourth-order valence-electron chi connectivity index (χ4n) is 1.81. The molecule has 0 aliphatic heterocycles. The molecule has 0 aliphatic carbocycles. The van der Waals surface area contributed by atoms with Gasteiger partial charge in [-0.15, -0.1) is 0 Å². The number of rotatable bonds is 3. The van der Waals surface area contributed by atoms with Crippen molar-refractivity contribution in [2.24, 2.45) is 0 Å². The van der Waals surface area contributed by atoms with Crippen LogP contribution >= 0.6 is 0 Å². The van der Waals surface area contributed by atoms with Crippen LogP contribution in [0.5, 0.6) is 0 Å².